The molecular weight excluding hydrogens is 371 g/mol. The summed E-state index contributed by atoms with van der Waals surface area (Å²) in [7, 11) is 0. The number of carbonyl (C=O) groups is 1. The highest BCUT2D eigenvalue weighted by molar-refractivity contribution is 5.80. The van der Waals surface area contributed by atoms with E-state index in [1.165, 1.54) is 12.1 Å². The van der Waals surface area contributed by atoms with E-state index in [0.29, 0.717) is 18.1 Å². The number of halogens is 1. The van der Waals surface area contributed by atoms with E-state index in [-0.39, 0.29) is 29.7 Å². The van der Waals surface area contributed by atoms with Crippen LogP contribution < -0.4 is 0 Å². The van der Waals surface area contributed by atoms with Gasteiger partial charge in [0.1, 0.15) is 5.82 Å². The second kappa shape index (κ2) is 7.39. The molecule has 7 heteroatoms. The Morgan fingerprint density at radius 2 is 1.90 bits per heavy atom. The Labute approximate surface area is 167 Å². The van der Waals surface area contributed by atoms with Gasteiger partial charge in [-0.1, -0.05) is 17.3 Å². The van der Waals surface area contributed by atoms with Crippen LogP contribution in [0.25, 0.3) is 11.4 Å². The molecule has 0 aliphatic carbocycles. The van der Waals surface area contributed by atoms with Crippen LogP contribution in [0.3, 0.4) is 0 Å². The zero-order valence-electron chi connectivity index (χ0n) is 15.9. The lowest BCUT2D eigenvalue weighted by Gasteiger charge is -2.38. The summed E-state index contributed by atoms with van der Waals surface area (Å²) < 4.78 is 18.7. The van der Waals surface area contributed by atoms with E-state index in [2.05, 4.69) is 15.1 Å². The maximum absolute atomic E-state index is 13.1. The van der Waals surface area contributed by atoms with Crippen molar-refractivity contribution in [2.24, 2.45) is 0 Å². The molecule has 2 aromatic heterocycles. The van der Waals surface area contributed by atoms with Crippen LogP contribution in [0.15, 0.2) is 53.3 Å². The topological polar surface area (TPSA) is 72.1 Å². The molecule has 148 valence electrons. The van der Waals surface area contributed by atoms with Crippen LogP contribution in [0, 0.1) is 5.82 Å². The summed E-state index contributed by atoms with van der Waals surface area (Å²) in [6, 6.07) is 10.3. The van der Waals surface area contributed by atoms with Gasteiger partial charge in [-0.25, -0.2) is 4.39 Å². The molecule has 2 saturated heterocycles. The molecule has 0 spiro atoms. The number of piperidine rings is 1. The van der Waals surface area contributed by atoms with Crippen molar-refractivity contribution in [2.75, 3.05) is 0 Å². The quantitative estimate of drug-likeness (QED) is 0.676. The van der Waals surface area contributed by atoms with Crippen molar-refractivity contribution in [1.29, 1.82) is 0 Å². The molecule has 29 heavy (non-hydrogen) atoms. The van der Waals surface area contributed by atoms with Gasteiger partial charge >= 0.3 is 0 Å². The fourth-order valence-electron chi connectivity index (χ4n) is 4.67. The summed E-state index contributed by atoms with van der Waals surface area (Å²) in [5.41, 5.74) is 1.67. The number of hydrogen-bond donors (Lipinski definition) is 0. The number of carbonyl (C=O) groups excluding carboxylic acids is 1. The van der Waals surface area contributed by atoms with Crippen molar-refractivity contribution >= 4 is 5.91 Å². The Morgan fingerprint density at radius 1 is 1.14 bits per heavy atom. The zero-order chi connectivity index (χ0) is 19.8. The van der Waals surface area contributed by atoms with Crippen molar-refractivity contribution < 1.29 is 13.7 Å². The molecule has 1 aromatic carbocycles. The lowest BCUT2D eigenvalue weighted by atomic mass is 9.90. The van der Waals surface area contributed by atoms with Gasteiger partial charge in [-0.2, -0.15) is 4.98 Å². The van der Waals surface area contributed by atoms with Crippen LogP contribution in [0.5, 0.6) is 0 Å². The van der Waals surface area contributed by atoms with Crippen LogP contribution in [0.2, 0.25) is 0 Å². The van der Waals surface area contributed by atoms with Crippen LogP contribution in [0.4, 0.5) is 4.39 Å². The molecule has 5 rings (SSSR count). The van der Waals surface area contributed by atoms with E-state index in [4.69, 9.17) is 4.52 Å². The lowest BCUT2D eigenvalue weighted by molar-refractivity contribution is -0.135. The number of aromatic nitrogens is 3. The third-order valence-corrected chi connectivity index (χ3v) is 6.00. The van der Waals surface area contributed by atoms with Crippen molar-refractivity contribution in [3.05, 3.63) is 66.1 Å². The Hall–Kier alpha value is -3.09. The van der Waals surface area contributed by atoms with Crippen LogP contribution in [-0.4, -0.2) is 38.0 Å². The molecule has 2 fully saturated rings. The number of benzene rings is 1. The first kappa shape index (κ1) is 18.0. The summed E-state index contributed by atoms with van der Waals surface area (Å²) in [5.74, 6) is 1.19. The molecule has 2 unspecified atom stereocenters. The fraction of sp³-hybridized carbons (Fsp3) is 0.364. The smallest absolute Gasteiger partial charge is 0.230 e. The van der Waals surface area contributed by atoms with Gasteiger partial charge in [0.25, 0.3) is 0 Å². The van der Waals surface area contributed by atoms with Crippen LogP contribution >= 0.6 is 0 Å². The normalized spacial score (nSPS) is 23.3. The van der Waals surface area contributed by atoms with Gasteiger partial charge in [0.05, 0.1) is 6.42 Å². The summed E-state index contributed by atoms with van der Waals surface area (Å²) in [6.45, 7) is 0. The Balaban J connectivity index is 1.28. The molecule has 4 heterocycles. The summed E-state index contributed by atoms with van der Waals surface area (Å²) in [6.07, 6.45) is 7.40. The number of amides is 1. The molecule has 0 saturated carbocycles. The third kappa shape index (κ3) is 3.52. The first-order valence-corrected chi connectivity index (χ1v) is 9.97. The van der Waals surface area contributed by atoms with Gasteiger partial charge in [0.15, 0.2) is 0 Å². The Morgan fingerprint density at radius 3 is 2.59 bits per heavy atom. The van der Waals surface area contributed by atoms with E-state index in [1.807, 2.05) is 17.0 Å². The van der Waals surface area contributed by atoms with E-state index in [1.54, 1.807) is 24.5 Å². The first-order valence-electron chi connectivity index (χ1n) is 9.97. The molecule has 2 aliphatic rings. The van der Waals surface area contributed by atoms with Gasteiger partial charge in [-0.05, 0) is 55.5 Å². The molecule has 2 bridgehead atoms. The average Bonchev–Trinajstić information content (AvgIpc) is 3.33. The van der Waals surface area contributed by atoms with E-state index < -0.39 is 0 Å². The predicted molar refractivity (Wildman–Crippen MR) is 103 cm³/mol. The minimum absolute atomic E-state index is 0.115. The second-order valence-electron chi connectivity index (χ2n) is 7.86. The molecule has 6 nitrogen and oxygen atoms in total. The number of fused-ring (bicyclic) bond motifs is 2. The number of nitrogens with zero attached hydrogens (tertiary/aromatic N) is 4. The van der Waals surface area contributed by atoms with Gasteiger partial charge in [0, 0.05) is 36.0 Å². The van der Waals surface area contributed by atoms with Gasteiger partial charge in [0.2, 0.25) is 17.6 Å². The lowest BCUT2D eigenvalue weighted by Crippen LogP contribution is -2.46. The largest absolute Gasteiger partial charge is 0.339 e. The van der Waals surface area contributed by atoms with Crippen molar-refractivity contribution in [1.82, 2.24) is 20.0 Å². The number of pyridine rings is 1. The first-order chi connectivity index (χ1) is 14.2. The maximum atomic E-state index is 13.1. The molecule has 2 atom stereocenters. The third-order valence-electron chi connectivity index (χ3n) is 6.00. The van der Waals surface area contributed by atoms with Gasteiger partial charge in [-0.3, -0.25) is 9.78 Å². The zero-order valence-corrected chi connectivity index (χ0v) is 15.9. The molecule has 1 amide bonds. The second-order valence-corrected chi connectivity index (χ2v) is 7.86. The molecule has 0 N–H and O–H groups in total. The minimum atomic E-state index is -0.285. The Bertz CT molecular complexity index is 991. The number of rotatable bonds is 4. The highest BCUT2D eigenvalue weighted by Crippen LogP contribution is 2.43. The fourth-order valence-corrected chi connectivity index (χ4v) is 4.67. The van der Waals surface area contributed by atoms with Crippen LogP contribution in [-0.2, 0) is 11.2 Å². The monoisotopic (exact) mass is 392 g/mol. The average molecular weight is 392 g/mol. The standard InChI is InChI=1S/C22H21FN4O2/c23-17-5-3-14(4-6-17)10-20(28)27-18-7-8-19(27)12-16(11-18)22-25-21(26-29-22)15-2-1-9-24-13-15/h1-6,9,13,16,18-19H,7-8,10-12H2. The van der Waals surface area contributed by atoms with E-state index in [0.717, 1.165) is 36.8 Å². The molecule has 2 aliphatic heterocycles. The molecular formula is C22H21FN4O2. The predicted octanol–water partition coefficient (Wildman–Crippen LogP) is 3.75. The van der Waals surface area contributed by atoms with Crippen molar-refractivity contribution in [3.8, 4) is 11.4 Å². The molecule has 0 radical (unpaired) electrons. The minimum Gasteiger partial charge on any atom is -0.339 e. The van der Waals surface area contributed by atoms with Crippen LogP contribution in [0.1, 0.15) is 43.1 Å². The van der Waals surface area contributed by atoms with E-state index in [9.17, 15) is 9.18 Å². The van der Waals surface area contributed by atoms with Crippen molar-refractivity contribution in [3.63, 3.8) is 0 Å². The highest BCUT2D eigenvalue weighted by Gasteiger charge is 2.44. The van der Waals surface area contributed by atoms with E-state index >= 15 is 0 Å². The molecule has 3 aromatic rings. The number of hydrogen-bond acceptors (Lipinski definition) is 5. The SMILES string of the molecule is O=C(Cc1ccc(F)cc1)N1C2CCC1CC(c1nc(-c3cccnc3)no1)C2. The Kier molecular flexibility index (Phi) is 4.58. The maximum Gasteiger partial charge on any atom is 0.230 e. The summed E-state index contributed by atoms with van der Waals surface area (Å²) in [4.78, 5) is 23.6. The van der Waals surface area contributed by atoms with Crippen molar-refractivity contribution in [2.45, 2.75) is 50.1 Å². The van der Waals surface area contributed by atoms with Gasteiger partial charge in [-0.15, -0.1) is 0 Å². The summed E-state index contributed by atoms with van der Waals surface area (Å²) >= 11 is 0. The highest BCUT2D eigenvalue weighted by atomic mass is 19.1. The van der Waals surface area contributed by atoms with Gasteiger partial charge < -0.3 is 9.42 Å². The summed E-state index contributed by atoms with van der Waals surface area (Å²) in [5, 5.41) is 4.11.